The first-order valence-corrected chi connectivity index (χ1v) is 7.21. The number of fused-ring (bicyclic) bond motifs is 1. The number of rotatable bonds is 1. The highest BCUT2D eigenvalue weighted by Gasteiger charge is 2.40. The van der Waals surface area contributed by atoms with Crippen molar-refractivity contribution < 1.29 is 18.3 Å². The number of likely N-dealkylation sites (N-methyl/N-ethyl adjacent to an activating group) is 1. The van der Waals surface area contributed by atoms with E-state index in [-0.39, 0.29) is 19.1 Å². The predicted molar refractivity (Wildman–Crippen MR) is 72.4 cm³/mol. The maximum Gasteiger partial charge on any atom is 0.288 e. The number of hydrogen-bond acceptors (Lipinski definition) is 5. The molecule has 1 atom stereocenters. The molecular weight excluding hydrogens is 296 g/mol. The summed E-state index contributed by atoms with van der Waals surface area (Å²) >= 11 is 0. The Labute approximate surface area is 126 Å². The van der Waals surface area contributed by atoms with Crippen LogP contribution >= 0.6 is 0 Å². The molecule has 1 saturated heterocycles. The maximum absolute atomic E-state index is 13.6. The molecule has 22 heavy (non-hydrogen) atoms. The number of aromatic nitrogens is 3. The lowest BCUT2D eigenvalue weighted by Crippen LogP contribution is -2.54. The molecule has 1 aromatic rings. The van der Waals surface area contributed by atoms with E-state index in [2.05, 4.69) is 10.2 Å². The van der Waals surface area contributed by atoms with Gasteiger partial charge in [-0.3, -0.25) is 9.69 Å². The lowest BCUT2D eigenvalue weighted by Gasteiger charge is -2.35. The van der Waals surface area contributed by atoms with Crippen molar-refractivity contribution in [3.05, 3.63) is 11.6 Å². The summed E-state index contributed by atoms with van der Waals surface area (Å²) in [5.41, 5.74) is 0. The topological polar surface area (TPSA) is 63.5 Å². The van der Waals surface area contributed by atoms with Crippen LogP contribution in [-0.4, -0.2) is 75.8 Å². The average Bonchev–Trinajstić information content (AvgIpc) is 2.69. The van der Waals surface area contributed by atoms with Crippen molar-refractivity contribution in [1.29, 1.82) is 0 Å². The Hall–Kier alpha value is -1.61. The monoisotopic (exact) mass is 315 g/mol. The first kappa shape index (κ1) is 15.3. The van der Waals surface area contributed by atoms with E-state index in [4.69, 9.17) is 4.74 Å². The van der Waals surface area contributed by atoms with Gasteiger partial charge in [-0.2, -0.15) is 0 Å². The van der Waals surface area contributed by atoms with E-state index in [1.165, 1.54) is 4.90 Å². The van der Waals surface area contributed by atoms with Crippen LogP contribution < -0.4 is 0 Å². The lowest BCUT2D eigenvalue weighted by atomic mass is 10.1. The Balaban J connectivity index is 1.78. The third kappa shape index (κ3) is 2.82. The third-order valence-electron chi connectivity index (χ3n) is 4.13. The van der Waals surface area contributed by atoms with E-state index < -0.39 is 25.1 Å². The molecule has 3 heterocycles. The van der Waals surface area contributed by atoms with Gasteiger partial charge >= 0.3 is 0 Å². The molecule has 0 N–H and O–H groups in total. The molecule has 0 aliphatic carbocycles. The van der Waals surface area contributed by atoms with Crippen molar-refractivity contribution in [2.45, 2.75) is 32.0 Å². The second-order valence-electron chi connectivity index (χ2n) is 5.87. The van der Waals surface area contributed by atoms with Crippen LogP contribution in [0.15, 0.2) is 0 Å². The first-order valence-electron chi connectivity index (χ1n) is 7.21. The van der Waals surface area contributed by atoms with Gasteiger partial charge in [0.2, 0.25) is 5.91 Å². The summed E-state index contributed by atoms with van der Waals surface area (Å²) in [5.74, 6) is -1.79. The molecule has 1 aromatic heterocycles. The van der Waals surface area contributed by atoms with Gasteiger partial charge in [0, 0.05) is 6.54 Å². The van der Waals surface area contributed by atoms with Crippen molar-refractivity contribution in [1.82, 2.24) is 24.6 Å². The van der Waals surface area contributed by atoms with Gasteiger partial charge in [0.05, 0.1) is 26.2 Å². The minimum atomic E-state index is -3.00. The summed E-state index contributed by atoms with van der Waals surface area (Å²) < 4.78 is 34.0. The Morgan fingerprint density at radius 2 is 2.18 bits per heavy atom. The van der Waals surface area contributed by atoms with Gasteiger partial charge in [-0.15, -0.1) is 10.2 Å². The molecule has 1 amide bonds. The Bertz CT molecular complexity index is 577. The number of amides is 1. The van der Waals surface area contributed by atoms with Gasteiger partial charge in [-0.05, 0) is 14.0 Å². The molecule has 9 heteroatoms. The van der Waals surface area contributed by atoms with Crippen LogP contribution in [0.1, 0.15) is 11.6 Å². The van der Waals surface area contributed by atoms with Crippen LogP contribution in [0.3, 0.4) is 0 Å². The minimum absolute atomic E-state index is 0.134. The third-order valence-corrected chi connectivity index (χ3v) is 4.13. The van der Waals surface area contributed by atoms with E-state index in [0.717, 1.165) is 11.6 Å². The number of halogens is 2. The first-order chi connectivity index (χ1) is 10.4. The summed E-state index contributed by atoms with van der Waals surface area (Å²) in [6.07, 6.45) is 0. The Kier molecular flexibility index (Phi) is 3.85. The molecule has 0 aromatic carbocycles. The summed E-state index contributed by atoms with van der Waals surface area (Å²) in [6, 6.07) is -0.490. The van der Waals surface area contributed by atoms with Crippen molar-refractivity contribution in [2.24, 2.45) is 0 Å². The number of hydrogen-bond donors (Lipinski definition) is 0. The summed E-state index contributed by atoms with van der Waals surface area (Å²) in [6.45, 7) is 1.76. The number of aryl methyl sites for hydroxylation is 1. The fraction of sp³-hybridized carbons (Fsp3) is 0.769. The van der Waals surface area contributed by atoms with Gasteiger partial charge < -0.3 is 14.2 Å². The maximum atomic E-state index is 13.6. The number of ether oxygens (including phenoxy) is 1. The number of carbonyl (C=O) groups is 1. The number of alkyl halides is 2. The lowest BCUT2D eigenvalue weighted by molar-refractivity contribution is -0.142. The van der Waals surface area contributed by atoms with Gasteiger partial charge in [0.15, 0.2) is 0 Å². The van der Waals surface area contributed by atoms with Gasteiger partial charge in [0.25, 0.3) is 5.92 Å². The Morgan fingerprint density at radius 1 is 1.41 bits per heavy atom. The fourth-order valence-corrected chi connectivity index (χ4v) is 2.89. The summed E-state index contributed by atoms with van der Waals surface area (Å²) in [7, 11) is 1.79. The number of carbonyl (C=O) groups excluding carboxylic acids is 1. The quantitative estimate of drug-likeness (QED) is 0.724. The zero-order valence-corrected chi connectivity index (χ0v) is 12.6. The largest absolute Gasteiger partial charge is 0.373 e. The van der Waals surface area contributed by atoms with Gasteiger partial charge in [-0.25, -0.2) is 8.78 Å². The second-order valence-corrected chi connectivity index (χ2v) is 5.87. The van der Waals surface area contributed by atoms with Gasteiger partial charge in [0.1, 0.15) is 24.3 Å². The van der Waals surface area contributed by atoms with E-state index >= 15 is 0 Å². The van der Waals surface area contributed by atoms with Crippen LogP contribution in [0.4, 0.5) is 8.78 Å². The predicted octanol–water partition coefficient (Wildman–Crippen LogP) is -0.105. The molecule has 2 aliphatic heterocycles. The van der Waals surface area contributed by atoms with E-state index in [9.17, 15) is 13.6 Å². The fourth-order valence-electron chi connectivity index (χ4n) is 2.89. The molecular formula is C13H19F2N5O2. The molecule has 0 saturated carbocycles. The van der Waals surface area contributed by atoms with E-state index in [1.807, 2.05) is 16.4 Å². The standard InChI is InChI=1S/C13H19F2N5O2/c1-9-16-17-11-6-18(2)10(5-20(9)11)12(21)19-3-4-22-8-13(14,15)7-19/h10H,3-8H2,1-2H3. The molecule has 0 bridgehead atoms. The molecule has 122 valence electrons. The van der Waals surface area contributed by atoms with Crippen molar-refractivity contribution in [2.75, 3.05) is 33.4 Å². The molecule has 2 aliphatic rings. The van der Waals surface area contributed by atoms with Gasteiger partial charge in [-0.1, -0.05) is 0 Å². The van der Waals surface area contributed by atoms with Crippen molar-refractivity contribution in [3.63, 3.8) is 0 Å². The zero-order valence-electron chi connectivity index (χ0n) is 12.6. The smallest absolute Gasteiger partial charge is 0.288 e. The second kappa shape index (κ2) is 5.54. The van der Waals surface area contributed by atoms with Crippen molar-refractivity contribution in [3.8, 4) is 0 Å². The molecule has 7 nitrogen and oxygen atoms in total. The van der Waals surface area contributed by atoms with Crippen LogP contribution in [0.2, 0.25) is 0 Å². The van der Waals surface area contributed by atoms with E-state index in [0.29, 0.717) is 13.1 Å². The SMILES string of the molecule is Cc1nnc2n1CC(C(=O)N1CCOCC(F)(F)C1)N(C)C2. The van der Waals surface area contributed by atoms with Crippen LogP contribution in [0.5, 0.6) is 0 Å². The average molecular weight is 315 g/mol. The molecule has 1 fully saturated rings. The normalized spacial score (nSPS) is 25.6. The molecule has 0 radical (unpaired) electrons. The Morgan fingerprint density at radius 3 is 2.95 bits per heavy atom. The summed E-state index contributed by atoms with van der Waals surface area (Å²) in [5, 5.41) is 8.06. The van der Waals surface area contributed by atoms with Crippen LogP contribution in [0.25, 0.3) is 0 Å². The number of nitrogens with zero attached hydrogens (tertiary/aromatic N) is 5. The van der Waals surface area contributed by atoms with Crippen LogP contribution in [-0.2, 0) is 22.6 Å². The van der Waals surface area contributed by atoms with Crippen molar-refractivity contribution >= 4 is 5.91 Å². The summed E-state index contributed by atoms with van der Waals surface area (Å²) in [4.78, 5) is 15.7. The van der Waals surface area contributed by atoms with E-state index in [1.54, 1.807) is 7.05 Å². The molecule has 0 spiro atoms. The highest BCUT2D eigenvalue weighted by atomic mass is 19.3. The minimum Gasteiger partial charge on any atom is -0.373 e. The molecule has 1 unspecified atom stereocenters. The zero-order chi connectivity index (χ0) is 15.9. The highest BCUT2D eigenvalue weighted by molar-refractivity contribution is 5.82. The molecule has 3 rings (SSSR count). The van der Waals surface area contributed by atoms with Crippen LogP contribution in [0, 0.1) is 6.92 Å². The highest BCUT2D eigenvalue weighted by Crippen LogP contribution is 2.22.